The van der Waals surface area contributed by atoms with E-state index in [0.717, 1.165) is 19.3 Å². The molecule has 1 aliphatic rings. The van der Waals surface area contributed by atoms with Crippen molar-refractivity contribution in [2.45, 2.75) is 31.8 Å². The first-order valence-electron chi connectivity index (χ1n) is 6.72. The Morgan fingerprint density at radius 1 is 1.40 bits per heavy atom. The molecule has 104 valence electrons. The molecule has 6 nitrogen and oxygen atoms in total. The number of carbonyl (C=O) groups is 1. The number of fused-ring (bicyclic) bond motifs is 1. The summed E-state index contributed by atoms with van der Waals surface area (Å²) >= 11 is 0. The molecule has 0 radical (unpaired) electrons. The minimum absolute atomic E-state index is 0.0562. The van der Waals surface area contributed by atoms with Crippen LogP contribution in [0.5, 0.6) is 0 Å². The van der Waals surface area contributed by atoms with E-state index in [-0.39, 0.29) is 24.4 Å². The first kappa shape index (κ1) is 12.7. The van der Waals surface area contributed by atoms with Gasteiger partial charge in [-0.25, -0.2) is 9.67 Å². The first-order valence-corrected chi connectivity index (χ1v) is 6.72. The van der Waals surface area contributed by atoms with E-state index in [2.05, 4.69) is 33.6 Å². The molecule has 0 spiro atoms. The summed E-state index contributed by atoms with van der Waals surface area (Å²) in [6, 6.07) is 8.59. The van der Waals surface area contributed by atoms with Gasteiger partial charge in [0.05, 0.1) is 0 Å². The third-order valence-electron chi connectivity index (χ3n) is 3.57. The van der Waals surface area contributed by atoms with Crippen molar-refractivity contribution in [3.8, 4) is 0 Å². The van der Waals surface area contributed by atoms with Crippen LogP contribution in [0.25, 0.3) is 0 Å². The fourth-order valence-corrected chi connectivity index (χ4v) is 2.63. The van der Waals surface area contributed by atoms with Crippen LogP contribution < -0.4 is 11.1 Å². The molecule has 0 fully saturated rings. The normalized spacial score (nSPS) is 17.5. The van der Waals surface area contributed by atoms with Crippen LogP contribution in [0.3, 0.4) is 0 Å². The van der Waals surface area contributed by atoms with Crippen molar-refractivity contribution >= 4 is 11.9 Å². The highest BCUT2D eigenvalue weighted by Gasteiger charge is 2.19. The predicted octanol–water partition coefficient (Wildman–Crippen LogP) is 0.534. The summed E-state index contributed by atoms with van der Waals surface area (Å²) in [6.07, 6.45) is 4.34. The highest BCUT2D eigenvalue weighted by atomic mass is 16.2. The molecular formula is C14H17N5O. The van der Waals surface area contributed by atoms with Gasteiger partial charge in [0.15, 0.2) is 0 Å². The third-order valence-corrected chi connectivity index (χ3v) is 3.57. The molecule has 1 aliphatic carbocycles. The van der Waals surface area contributed by atoms with Crippen LogP contribution in [-0.2, 0) is 24.2 Å². The number of hydrogen-bond donors (Lipinski definition) is 2. The highest BCUT2D eigenvalue weighted by molar-refractivity contribution is 5.76. The molecule has 1 aromatic carbocycles. The summed E-state index contributed by atoms with van der Waals surface area (Å²) in [5.41, 5.74) is 8.14. The maximum Gasteiger partial charge on any atom is 0.242 e. The van der Waals surface area contributed by atoms with Crippen LogP contribution in [0.15, 0.2) is 30.6 Å². The van der Waals surface area contributed by atoms with Gasteiger partial charge in [-0.15, -0.1) is 5.10 Å². The molecule has 6 heteroatoms. The van der Waals surface area contributed by atoms with Crippen molar-refractivity contribution in [1.82, 2.24) is 20.1 Å². The van der Waals surface area contributed by atoms with E-state index in [1.807, 2.05) is 6.07 Å². The zero-order valence-corrected chi connectivity index (χ0v) is 11.1. The molecule has 1 aromatic heterocycles. The van der Waals surface area contributed by atoms with Gasteiger partial charge in [0, 0.05) is 6.04 Å². The van der Waals surface area contributed by atoms with Gasteiger partial charge in [0.25, 0.3) is 0 Å². The lowest BCUT2D eigenvalue weighted by molar-refractivity contribution is -0.122. The van der Waals surface area contributed by atoms with Crippen molar-refractivity contribution in [3.63, 3.8) is 0 Å². The molecule has 3 rings (SSSR count). The zero-order valence-electron chi connectivity index (χ0n) is 11.1. The molecule has 1 heterocycles. The number of benzene rings is 1. The van der Waals surface area contributed by atoms with Crippen molar-refractivity contribution in [1.29, 1.82) is 0 Å². The minimum Gasteiger partial charge on any atom is -0.367 e. The van der Waals surface area contributed by atoms with E-state index in [1.165, 1.54) is 22.1 Å². The van der Waals surface area contributed by atoms with E-state index in [9.17, 15) is 4.79 Å². The fraction of sp³-hybridized carbons (Fsp3) is 0.357. The lowest BCUT2D eigenvalue weighted by Gasteiger charge is -2.25. The number of aromatic nitrogens is 3. The summed E-state index contributed by atoms with van der Waals surface area (Å²) in [6.45, 7) is 0.155. The molecular weight excluding hydrogens is 254 g/mol. The summed E-state index contributed by atoms with van der Waals surface area (Å²) < 4.78 is 1.45. The number of anilines is 1. The number of nitrogens with zero attached hydrogens (tertiary/aromatic N) is 3. The molecule has 1 amide bonds. The van der Waals surface area contributed by atoms with E-state index < -0.39 is 0 Å². The molecule has 0 saturated heterocycles. The molecule has 1 unspecified atom stereocenters. The van der Waals surface area contributed by atoms with Crippen molar-refractivity contribution in [3.05, 3.63) is 41.7 Å². The lowest BCUT2D eigenvalue weighted by atomic mass is 9.88. The van der Waals surface area contributed by atoms with Crippen LogP contribution in [0.2, 0.25) is 0 Å². The lowest BCUT2D eigenvalue weighted by Crippen LogP contribution is -2.40. The Balaban J connectivity index is 1.58. The van der Waals surface area contributed by atoms with E-state index >= 15 is 0 Å². The summed E-state index contributed by atoms with van der Waals surface area (Å²) in [4.78, 5) is 15.8. The smallest absolute Gasteiger partial charge is 0.242 e. The molecule has 1 atom stereocenters. The number of carbonyl (C=O) groups excluding carboxylic acids is 1. The van der Waals surface area contributed by atoms with Gasteiger partial charge in [-0.2, -0.15) is 0 Å². The maximum atomic E-state index is 12.0. The first-order chi connectivity index (χ1) is 9.70. The Morgan fingerprint density at radius 2 is 2.20 bits per heavy atom. The highest BCUT2D eigenvalue weighted by Crippen LogP contribution is 2.20. The Hall–Kier alpha value is -2.37. The number of nitrogen functional groups attached to an aromatic ring is 1. The standard InChI is InChI=1S/C14H17N5O/c15-14-16-9-19(18-14)8-13(20)17-12-6-5-10-3-1-2-4-11(10)7-12/h1-4,9,12H,5-8H2,(H2,15,18)(H,17,20). The summed E-state index contributed by atoms with van der Waals surface area (Å²) in [5.74, 6) is 0.128. The monoisotopic (exact) mass is 271 g/mol. The van der Waals surface area contributed by atoms with Gasteiger partial charge in [0.2, 0.25) is 11.9 Å². The Bertz CT molecular complexity index is 622. The van der Waals surface area contributed by atoms with E-state index in [4.69, 9.17) is 5.73 Å². The number of hydrogen-bond acceptors (Lipinski definition) is 4. The van der Waals surface area contributed by atoms with Gasteiger partial charge in [-0.3, -0.25) is 4.79 Å². The number of nitrogens with one attached hydrogen (secondary N) is 1. The number of rotatable bonds is 3. The van der Waals surface area contributed by atoms with Crippen molar-refractivity contribution < 1.29 is 4.79 Å². The largest absolute Gasteiger partial charge is 0.367 e. The van der Waals surface area contributed by atoms with Crippen LogP contribution in [0.4, 0.5) is 5.95 Å². The Morgan fingerprint density at radius 3 is 2.95 bits per heavy atom. The molecule has 20 heavy (non-hydrogen) atoms. The van der Waals surface area contributed by atoms with Crippen LogP contribution in [-0.4, -0.2) is 26.7 Å². The summed E-state index contributed by atoms with van der Waals surface area (Å²) in [7, 11) is 0. The van der Waals surface area contributed by atoms with Gasteiger partial charge in [-0.05, 0) is 30.4 Å². The number of nitrogens with two attached hydrogens (primary N) is 1. The maximum absolute atomic E-state index is 12.0. The number of amides is 1. The van der Waals surface area contributed by atoms with E-state index in [1.54, 1.807) is 0 Å². The second kappa shape index (κ2) is 5.32. The quantitative estimate of drug-likeness (QED) is 0.853. The predicted molar refractivity (Wildman–Crippen MR) is 74.8 cm³/mol. The van der Waals surface area contributed by atoms with Crippen molar-refractivity contribution in [2.75, 3.05) is 5.73 Å². The SMILES string of the molecule is Nc1ncn(CC(=O)NC2CCc3ccccc3C2)n1. The minimum atomic E-state index is -0.0562. The second-order valence-corrected chi connectivity index (χ2v) is 5.08. The molecule has 2 aromatic rings. The van der Waals surface area contributed by atoms with Gasteiger partial charge < -0.3 is 11.1 Å². The average Bonchev–Trinajstić information content (AvgIpc) is 2.83. The fourth-order valence-electron chi connectivity index (χ4n) is 2.63. The molecule has 0 bridgehead atoms. The molecule has 3 N–H and O–H groups in total. The number of aryl methyl sites for hydroxylation is 1. The molecule has 0 aliphatic heterocycles. The summed E-state index contributed by atoms with van der Waals surface area (Å²) in [5, 5.41) is 6.95. The zero-order chi connectivity index (χ0) is 13.9. The Labute approximate surface area is 117 Å². The third kappa shape index (κ3) is 2.79. The van der Waals surface area contributed by atoms with Gasteiger partial charge in [0.1, 0.15) is 12.9 Å². The second-order valence-electron chi connectivity index (χ2n) is 5.08. The van der Waals surface area contributed by atoms with Crippen LogP contribution in [0, 0.1) is 0 Å². The van der Waals surface area contributed by atoms with E-state index in [0.29, 0.717) is 0 Å². The van der Waals surface area contributed by atoms with Gasteiger partial charge >= 0.3 is 0 Å². The molecule has 0 saturated carbocycles. The average molecular weight is 271 g/mol. The van der Waals surface area contributed by atoms with Gasteiger partial charge in [-0.1, -0.05) is 24.3 Å². The Kier molecular flexibility index (Phi) is 3.37. The van der Waals surface area contributed by atoms with Crippen LogP contribution in [0.1, 0.15) is 17.5 Å². The van der Waals surface area contributed by atoms with Crippen molar-refractivity contribution in [2.24, 2.45) is 0 Å². The topological polar surface area (TPSA) is 85.8 Å². The van der Waals surface area contributed by atoms with Crippen LogP contribution >= 0.6 is 0 Å².